The van der Waals surface area contributed by atoms with Crippen LogP contribution in [0.25, 0.3) is 0 Å². The minimum atomic E-state index is -0.348. The SMILES string of the molecule is COC[C@](C)(CCO)NCc1ccc(F)cc1Cl. The summed E-state index contributed by atoms with van der Waals surface area (Å²) in [5.74, 6) is -0.348. The first-order valence-corrected chi connectivity index (χ1v) is 6.17. The zero-order chi connectivity index (χ0) is 13.6. The summed E-state index contributed by atoms with van der Waals surface area (Å²) in [6, 6.07) is 4.32. The molecule has 0 aliphatic heterocycles. The predicted octanol–water partition coefficient (Wildman–Crippen LogP) is 2.36. The highest BCUT2D eigenvalue weighted by Gasteiger charge is 2.23. The monoisotopic (exact) mass is 275 g/mol. The molecule has 1 aromatic rings. The van der Waals surface area contributed by atoms with Gasteiger partial charge in [-0.15, -0.1) is 0 Å². The number of halogens is 2. The Kier molecular flexibility index (Phi) is 6.02. The van der Waals surface area contributed by atoms with E-state index in [9.17, 15) is 4.39 Å². The molecule has 0 unspecified atom stereocenters. The highest BCUT2D eigenvalue weighted by molar-refractivity contribution is 6.31. The summed E-state index contributed by atoms with van der Waals surface area (Å²) >= 11 is 5.95. The van der Waals surface area contributed by atoms with E-state index in [1.807, 2.05) is 6.92 Å². The van der Waals surface area contributed by atoms with Crippen LogP contribution in [0.5, 0.6) is 0 Å². The average molecular weight is 276 g/mol. The molecule has 5 heteroatoms. The van der Waals surface area contributed by atoms with Gasteiger partial charge in [0.15, 0.2) is 0 Å². The van der Waals surface area contributed by atoms with E-state index < -0.39 is 0 Å². The number of ether oxygens (including phenoxy) is 1. The van der Waals surface area contributed by atoms with Crippen LogP contribution in [0.3, 0.4) is 0 Å². The molecule has 0 saturated carbocycles. The molecule has 0 fully saturated rings. The van der Waals surface area contributed by atoms with Gasteiger partial charge in [-0.25, -0.2) is 4.39 Å². The number of benzene rings is 1. The Morgan fingerprint density at radius 2 is 2.22 bits per heavy atom. The fraction of sp³-hybridized carbons (Fsp3) is 0.538. The first kappa shape index (κ1) is 15.4. The van der Waals surface area contributed by atoms with Crippen molar-refractivity contribution in [1.82, 2.24) is 5.32 Å². The topological polar surface area (TPSA) is 41.5 Å². The number of methoxy groups -OCH3 is 1. The lowest BCUT2D eigenvalue weighted by Crippen LogP contribution is -2.46. The molecule has 3 nitrogen and oxygen atoms in total. The minimum Gasteiger partial charge on any atom is -0.396 e. The van der Waals surface area contributed by atoms with Gasteiger partial charge in [0.05, 0.1) is 6.61 Å². The maximum atomic E-state index is 12.9. The van der Waals surface area contributed by atoms with Gasteiger partial charge in [-0.05, 0) is 31.0 Å². The van der Waals surface area contributed by atoms with Crippen LogP contribution < -0.4 is 5.32 Å². The van der Waals surface area contributed by atoms with Crippen LogP contribution in [0.15, 0.2) is 18.2 Å². The molecule has 0 aliphatic rings. The molecule has 0 aromatic heterocycles. The molecule has 0 aliphatic carbocycles. The largest absolute Gasteiger partial charge is 0.396 e. The van der Waals surface area contributed by atoms with Crippen LogP contribution in [0, 0.1) is 5.82 Å². The number of aliphatic hydroxyl groups is 1. The van der Waals surface area contributed by atoms with Crippen molar-refractivity contribution in [2.45, 2.75) is 25.4 Å². The molecule has 0 heterocycles. The van der Waals surface area contributed by atoms with E-state index in [0.717, 1.165) is 5.56 Å². The summed E-state index contributed by atoms with van der Waals surface area (Å²) in [5, 5.41) is 12.7. The molecule has 2 N–H and O–H groups in total. The highest BCUT2D eigenvalue weighted by Crippen LogP contribution is 2.19. The van der Waals surface area contributed by atoms with Crippen molar-refractivity contribution in [3.63, 3.8) is 0 Å². The Bertz CT molecular complexity index is 381. The van der Waals surface area contributed by atoms with Gasteiger partial charge in [0.25, 0.3) is 0 Å². The Balaban J connectivity index is 2.66. The van der Waals surface area contributed by atoms with Crippen LogP contribution >= 0.6 is 11.6 Å². The summed E-state index contributed by atoms with van der Waals surface area (Å²) in [5.41, 5.74) is 0.486. The van der Waals surface area contributed by atoms with Gasteiger partial charge in [-0.3, -0.25) is 0 Å². The molecule has 1 aromatic carbocycles. The minimum absolute atomic E-state index is 0.0734. The van der Waals surface area contributed by atoms with E-state index in [0.29, 0.717) is 24.6 Å². The van der Waals surface area contributed by atoms with Crippen molar-refractivity contribution in [2.75, 3.05) is 20.3 Å². The molecule has 0 amide bonds. The standard InChI is InChI=1S/C13H19ClFNO2/c1-13(5-6-17,9-18-2)16-8-10-3-4-11(15)7-12(10)14/h3-4,7,16-17H,5-6,8-9H2,1-2H3/t13-/m0/s1. The van der Waals surface area contributed by atoms with E-state index in [4.69, 9.17) is 21.4 Å². The third kappa shape index (κ3) is 4.53. The van der Waals surface area contributed by atoms with Crippen molar-refractivity contribution in [1.29, 1.82) is 0 Å². The quantitative estimate of drug-likeness (QED) is 0.803. The number of hydrogen-bond donors (Lipinski definition) is 2. The normalized spacial score (nSPS) is 14.5. The van der Waals surface area contributed by atoms with Crippen molar-refractivity contribution in [3.05, 3.63) is 34.6 Å². The number of rotatable bonds is 7. The Morgan fingerprint density at radius 3 is 2.78 bits per heavy atom. The summed E-state index contributed by atoms with van der Waals surface area (Å²) in [7, 11) is 1.61. The Morgan fingerprint density at radius 1 is 1.50 bits per heavy atom. The second-order valence-corrected chi connectivity index (χ2v) is 4.96. The number of aliphatic hydroxyl groups excluding tert-OH is 1. The molecule has 0 saturated heterocycles. The highest BCUT2D eigenvalue weighted by atomic mass is 35.5. The van der Waals surface area contributed by atoms with Crippen molar-refractivity contribution < 1.29 is 14.2 Å². The molecule has 0 radical (unpaired) electrons. The van der Waals surface area contributed by atoms with Gasteiger partial charge in [0.1, 0.15) is 5.82 Å². The van der Waals surface area contributed by atoms with Crippen molar-refractivity contribution in [3.8, 4) is 0 Å². The van der Waals surface area contributed by atoms with Crippen molar-refractivity contribution >= 4 is 11.6 Å². The smallest absolute Gasteiger partial charge is 0.124 e. The van der Waals surface area contributed by atoms with Crippen molar-refractivity contribution in [2.24, 2.45) is 0 Å². The fourth-order valence-corrected chi connectivity index (χ4v) is 1.98. The number of hydrogen-bond acceptors (Lipinski definition) is 3. The summed E-state index contributed by atoms with van der Waals surface area (Å²) in [4.78, 5) is 0. The maximum Gasteiger partial charge on any atom is 0.124 e. The third-order valence-corrected chi connectivity index (χ3v) is 3.20. The second-order valence-electron chi connectivity index (χ2n) is 4.56. The van der Waals surface area contributed by atoms with Crippen LogP contribution in [0.1, 0.15) is 18.9 Å². The average Bonchev–Trinajstić information content (AvgIpc) is 2.28. The molecule has 1 rings (SSSR count). The van der Waals surface area contributed by atoms with Crippen LogP contribution in [-0.4, -0.2) is 31.0 Å². The first-order valence-electron chi connectivity index (χ1n) is 5.79. The van der Waals surface area contributed by atoms with Crippen LogP contribution in [-0.2, 0) is 11.3 Å². The summed E-state index contributed by atoms with van der Waals surface area (Å²) < 4.78 is 18.0. The first-order chi connectivity index (χ1) is 8.50. The van der Waals surface area contributed by atoms with E-state index >= 15 is 0 Å². The summed E-state index contributed by atoms with van der Waals surface area (Å²) in [6.07, 6.45) is 0.569. The Hall–Kier alpha value is -0.680. The number of nitrogens with one attached hydrogen (secondary N) is 1. The summed E-state index contributed by atoms with van der Waals surface area (Å²) in [6.45, 7) is 3.01. The lowest BCUT2D eigenvalue weighted by atomic mass is 9.99. The second kappa shape index (κ2) is 7.04. The van der Waals surface area contributed by atoms with Gasteiger partial charge >= 0.3 is 0 Å². The molecule has 0 bridgehead atoms. The third-order valence-electron chi connectivity index (χ3n) is 2.85. The van der Waals surface area contributed by atoms with E-state index in [1.165, 1.54) is 12.1 Å². The van der Waals surface area contributed by atoms with Crippen LogP contribution in [0.4, 0.5) is 4.39 Å². The van der Waals surface area contributed by atoms with Gasteiger partial charge in [-0.2, -0.15) is 0 Å². The van der Waals surface area contributed by atoms with Gasteiger partial charge in [-0.1, -0.05) is 17.7 Å². The lowest BCUT2D eigenvalue weighted by Gasteiger charge is -2.29. The maximum absolute atomic E-state index is 12.9. The molecule has 18 heavy (non-hydrogen) atoms. The fourth-order valence-electron chi connectivity index (χ4n) is 1.75. The molecular weight excluding hydrogens is 257 g/mol. The zero-order valence-electron chi connectivity index (χ0n) is 10.7. The van der Waals surface area contributed by atoms with Gasteiger partial charge in [0.2, 0.25) is 0 Å². The molecule has 0 spiro atoms. The molecule has 102 valence electrons. The van der Waals surface area contributed by atoms with Gasteiger partial charge in [0, 0.05) is 30.8 Å². The van der Waals surface area contributed by atoms with Crippen LogP contribution in [0.2, 0.25) is 5.02 Å². The molecule has 1 atom stereocenters. The molecular formula is C13H19ClFNO2. The predicted molar refractivity (Wildman–Crippen MR) is 70.2 cm³/mol. The van der Waals surface area contributed by atoms with E-state index in [1.54, 1.807) is 13.2 Å². The van der Waals surface area contributed by atoms with E-state index in [-0.39, 0.29) is 18.0 Å². The van der Waals surface area contributed by atoms with E-state index in [2.05, 4.69) is 5.32 Å². The zero-order valence-corrected chi connectivity index (χ0v) is 11.4. The lowest BCUT2D eigenvalue weighted by molar-refractivity contribution is 0.0970. The Labute approximate surface area is 112 Å². The van der Waals surface area contributed by atoms with Gasteiger partial charge < -0.3 is 15.2 Å².